The maximum absolute atomic E-state index is 11.4. The number of rotatable bonds is 3. The van der Waals surface area contributed by atoms with Crippen molar-refractivity contribution in [1.82, 2.24) is 4.57 Å². The molecule has 0 N–H and O–H groups in total. The Morgan fingerprint density at radius 3 is 2.50 bits per heavy atom. The van der Waals surface area contributed by atoms with E-state index in [0.29, 0.717) is 21.7 Å². The van der Waals surface area contributed by atoms with Crippen molar-refractivity contribution in [2.75, 3.05) is 7.11 Å². The predicted molar refractivity (Wildman–Crippen MR) is 72.5 cm³/mol. The second-order valence-corrected chi connectivity index (χ2v) is 4.54. The lowest BCUT2D eigenvalue weighted by atomic mass is 10.3. The minimum atomic E-state index is -0.103. The number of para-hydroxylation sites is 2. The molecule has 4 nitrogen and oxygen atoms in total. The first kappa shape index (κ1) is 12.7. The van der Waals surface area contributed by atoms with Gasteiger partial charge in [0.05, 0.1) is 17.8 Å². The highest BCUT2D eigenvalue weighted by Gasteiger charge is 2.08. The van der Waals surface area contributed by atoms with Gasteiger partial charge in [0.15, 0.2) is 17.2 Å². The lowest BCUT2D eigenvalue weighted by Gasteiger charge is -2.11. The zero-order chi connectivity index (χ0) is 13.1. The first-order valence-electron chi connectivity index (χ1n) is 5.29. The number of hydrogen-bond donors (Lipinski definition) is 0. The Bertz CT molecular complexity index is 622. The molecule has 0 aliphatic heterocycles. The minimum Gasteiger partial charge on any atom is -0.493 e. The molecule has 1 aromatic carbocycles. The SMILES string of the molecule is COc1ccccc1Oc1cn(C)c(=O)cc1Br. The predicted octanol–water partition coefficient (Wildman–Crippen LogP) is 2.95. The van der Waals surface area contributed by atoms with Gasteiger partial charge >= 0.3 is 0 Å². The van der Waals surface area contributed by atoms with Crippen LogP contribution in [0.1, 0.15) is 0 Å². The maximum atomic E-state index is 11.4. The second-order valence-electron chi connectivity index (χ2n) is 3.69. The number of hydrogen-bond acceptors (Lipinski definition) is 3. The number of aryl methyl sites for hydroxylation is 1. The normalized spacial score (nSPS) is 10.2. The van der Waals surface area contributed by atoms with E-state index in [2.05, 4.69) is 15.9 Å². The number of nitrogens with zero attached hydrogens (tertiary/aromatic N) is 1. The van der Waals surface area contributed by atoms with Crippen molar-refractivity contribution < 1.29 is 9.47 Å². The summed E-state index contributed by atoms with van der Waals surface area (Å²) >= 11 is 3.31. The van der Waals surface area contributed by atoms with E-state index >= 15 is 0 Å². The smallest absolute Gasteiger partial charge is 0.251 e. The van der Waals surface area contributed by atoms with E-state index in [9.17, 15) is 4.79 Å². The highest BCUT2D eigenvalue weighted by atomic mass is 79.9. The van der Waals surface area contributed by atoms with Gasteiger partial charge in [0.1, 0.15) is 0 Å². The van der Waals surface area contributed by atoms with Crippen molar-refractivity contribution >= 4 is 15.9 Å². The molecule has 1 heterocycles. The Morgan fingerprint density at radius 2 is 1.83 bits per heavy atom. The quantitative estimate of drug-likeness (QED) is 0.875. The fraction of sp³-hybridized carbons (Fsp3) is 0.154. The summed E-state index contributed by atoms with van der Waals surface area (Å²) in [5, 5.41) is 0. The molecular weight excluding hydrogens is 298 g/mol. The highest BCUT2D eigenvalue weighted by Crippen LogP contribution is 2.33. The fourth-order valence-electron chi connectivity index (χ4n) is 1.48. The van der Waals surface area contributed by atoms with Crippen LogP contribution in [0.5, 0.6) is 17.2 Å². The molecule has 0 bridgehead atoms. The van der Waals surface area contributed by atoms with Gasteiger partial charge in [0, 0.05) is 13.1 Å². The topological polar surface area (TPSA) is 40.5 Å². The average Bonchev–Trinajstić information content (AvgIpc) is 2.36. The molecule has 0 aliphatic carbocycles. The first-order chi connectivity index (χ1) is 8.61. The average molecular weight is 310 g/mol. The number of aromatic nitrogens is 1. The molecule has 0 spiro atoms. The molecule has 0 unspecified atom stereocenters. The molecule has 94 valence electrons. The standard InChI is InChI=1S/C13H12BrNO3/c1-15-8-12(9(14)7-13(15)16)18-11-6-4-3-5-10(11)17-2/h3-8H,1-2H3. The van der Waals surface area contributed by atoms with Crippen LogP contribution in [0.4, 0.5) is 0 Å². The van der Waals surface area contributed by atoms with Crippen molar-refractivity contribution in [1.29, 1.82) is 0 Å². The molecule has 0 amide bonds. The van der Waals surface area contributed by atoms with Crippen molar-refractivity contribution in [2.45, 2.75) is 0 Å². The van der Waals surface area contributed by atoms with Gasteiger partial charge < -0.3 is 14.0 Å². The fourth-order valence-corrected chi connectivity index (χ4v) is 1.86. The Labute approximate surface area is 113 Å². The van der Waals surface area contributed by atoms with E-state index in [1.807, 2.05) is 18.2 Å². The monoisotopic (exact) mass is 309 g/mol. The van der Waals surface area contributed by atoms with Crippen molar-refractivity contribution in [3.63, 3.8) is 0 Å². The van der Waals surface area contributed by atoms with E-state index < -0.39 is 0 Å². The summed E-state index contributed by atoms with van der Waals surface area (Å²) in [6.45, 7) is 0. The molecule has 1 aromatic heterocycles. The van der Waals surface area contributed by atoms with E-state index in [-0.39, 0.29) is 5.56 Å². The van der Waals surface area contributed by atoms with Gasteiger partial charge in [-0.2, -0.15) is 0 Å². The molecular formula is C13H12BrNO3. The van der Waals surface area contributed by atoms with E-state index in [1.54, 1.807) is 26.4 Å². The van der Waals surface area contributed by atoms with Crippen molar-refractivity contribution in [3.8, 4) is 17.2 Å². The van der Waals surface area contributed by atoms with Crippen LogP contribution >= 0.6 is 15.9 Å². The summed E-state index contributed by atoms with van der Waals surface area (Å²) in [5.74, 6) is 1.79. The van der Waals surface area contributed by atoms with Gasteiger partial charge in [-0.15, -0.1) is 0 Å². The summed E-state index contributed by atoms with van der Waals surface area (Å²) in [4.78, 5) is 11.4. The van der Waals surface area contributed by atoms with Crippen LogP contribution in [-0.4, -0.2) is 11.7 Å². The summed E-state index contributed by atoms with van der Waals surface area (Å²) in [6, 6.07) is 8.79. The molecule has 2 aromatic rings. The van der Waals surface area contributed by atoms with Crippen LogP contribution in [-0.2, 0) is 7.05 Å². The number of benzene rings is 1. The van der Waals surface area contributed by atoms with Gasteiger partial charge in [-0.05, 0) is 28.1 Å². The Hall–Kier alpha value is -1.75. The summed E-state index contributed by atoms with van der Waals surface area (Å²) in [5.41, 5.74) is -0.103. The van der Waals surface area contributed by atoms with Crippen LogP contribution in [0, 0.1) is 0 Å². The molecule has 5 heteroatoms. The van der Waals surface area contributed by atoms with E-state index in [0.717, 1.165) is 0 Å². The molecule has 0 saturated carbocycles. The van der Waals surface area contributed by atoms with Crippen LogP contribution in [0.25, 0.3) is 0 Å². The molecule has 2 rings (SSSR count). The van der Waals surface area contributed by atoms with Crippen LogP contribution < -0.4 is 15.0 Å². The molecule has 18 heavy (non-hydrogen) atoms. The number of halogens is 1. The molecule has 0 atom stereocenters. The molecule has 0 aliphatic rings. The van der Waals surface area contributed by atoms with Crippen molar-refractivity contribution in [3.05, 3.63) is 51.4 Å². The third kappa shape index (κ3) is 2.56. The van der Waals surface area contributed by atoms with Gasteiger partial charge in [-0.3, -0.25) is 4.79 Å². The Kier molecular flexibility index (Phi) is 3.72. The third-order valence-electron chi connectivity index (χ3n) is 2.43. The Balaban J connectivity index is 2.40. The molecule has 0 fully saturated rings. The van der Waals surface area contributed by atoms with Crippen molar-refractivity contribution in [2.24, 2.45) is 7.05 Å². The van der Waals surface area contributed by atoms with E-state index in [1.165, 1.54) is 10.6 Å². The van der Waals surface area contributed by atoms with Crippen LogP contribution in [0.15, 0.2) is 45.8 Å². The van der Waals surface area contributed by atoms with Crippen LogP contribution in [0.2, 0.25) is 0 Å². The Morgan fingerprint density at radius 1 is 1.17 bits per heavy atom. The van der Waals surface area contributed by atoms with Gasteiger partial charge in [-0.25, -0.2) is 0 Å². The summed E-state index contributed by atoms with van der Waals surface area (Å²) in [7, 11) is 3.25. The number of ether oxygens (including phenoxy) is 2. The number of pyridine rings is 1. The van der Waals surface area contributed by atoms with Gasteiger partial charge in [0.2, 0.25) is 0 Å². The lowest BCUT2D eigenvalue weighted by molar-refractivity contribution is 0.377. The van der Waals surface area contributed by atoms with Gasteiger partial charge in [0.25, 0.3) is 5.56 Å². The largest absolute Gasteiger partial charge is 0.493 e. The highest BCUT2D eigenvalue weighted by molar-refractivity contribution is 9.10. The summed E-state index contributed by atoms with van der Waals surface area (Å²) in [6.07, 6.45) is 1.62. The summed E-state index contributed by atoms with van der Waals surface area (Å²) < 4.78 is 13.0. The van der Waals surface area contributed by atoms with E-state index in [4.69, 9.17) is 9.47 Å². The third-order valence-corrected chi connectivity index (χ3v) is 3.05. The van der Waals surface area contributed by atoms with Gasteiger partial charge in [-0.1, -0.05) is 12.1 Å². The lowest BCUT2D eigenvalue weighted by Crippen LogP contribution is -2.14. The number of methoxy groups -OCH3 is 1. The minimum absolute atomic E-state index is 0.103. The maximum Gasteiger partial charge on any atom is 0.251 e. The van der Waals surface area contributed by atoms with Crippen LogP contribution in [0.3, 0.4) is 0 Å². The molecule has 0 saturated heterocycles. The molecule has 0 radical (unpaired) electrons. The zero-order valence-electron chi connectivity index (χ0n) is 10.0. The first-order valence-corrected chi connectivity index (χ1v) is 6.08. The second kappa shape index (κ2) is 5.27. The zero-order valence-corrected chi connectivity index (χ0v) is 11.6.